The minimum absolute atomic E-state index is 0.0507. The third-order valence-electron chi connectivity index (χ3n) is 6.86. The van der Waals surface area contributed by atoms with E-state index >= 15 is 0 Å². The first-order valence-corrected chi connectivity index (χ1v) is 11.4. The fourth-order valence-corrected chi connectivity index (χ4v) is 4.99. The molecule has 176 valence electrons. The summed E-state index contributed by atoms with van der Waals surface area (Å²) in [6.45, 7) is 4.64. The van der Waals surface area contributed by atoms with E-state index in [9.17, 15) is 24.0 Å². The van der Waals surface area contributed by atoms with Crippen LogP contribution in [-0.2, 0) is 28.7 Å². The van der Waals surface area contributed by atoms with Crippen molar-refractivity contribution < 1.29 is 28.7 Å². The third kappa shape index (κ3) is 4.00. The number of esters is 1. The molecule has 1 saturated carbocycles. The number of carbonyl (C=O) groups excluding carboxylic acids is 5. The number of imide groups is 1. The van der Waals surface area contributed by atoms with Gasteiger partial charge in [0.15, 0.2) is 6.10 Å². The van der Waals surface area contributed by atoms with Crippen LogP contribution in [0.3, 0.4) is 0 Å². The molecular formula is C24H29N3O6. The average molecular weight is 456 g/mol. The minimum atomic E-state index is -1.18. The molecule has 0 radical (unpaired) electrons. The van der Waals surface area contributed by atoms with Crippen molar-refractivity contribution >= 4 is 41.0 Å². The topological polar surface area (TPSA) is 113 Å². The SMILES string of the molecule is C[C@@H](OC(=O)CCN1C(=O)[C@H]2CCCC[C@H]2C1=O)C(=O)N1c2ccccc2NC(=O)C1(C)C. The van der Waals surface area contributed by atoms with E-state index < -0.39 is 23.5 Å². The Morgan fingerprint density at radius 3 is 2.33 bits per heavy atom. The van der Waals surface area contributed by atoms with E-state index in [0.29, 0.717) is 24.2 Å². The zero-order valence-corrected chi connectivity index (χ0v) is 19.1. The van der Waals surface area contributed by atoms with Crippen LogP contribution in [0.5, 0.6) is 0 Å². The fourth-order valence-electron chi connectivity index (χ4n) is 4.99. The highest BCUT2D eigenvalue weighted by Gasteiger charge is 2.48. The Hall–Kier alpha value is -3.23. The maximum atomic E-state index is 13.2. The van der Waals surface area contributed by atoms with Gasteiger partial charge in [-0.1, -0.05) is 25.0 Å². The molecule has 3 atom stereocenters. The number of amides is 4. The summed E-state index contributed by atoms with van der Waals surface area (Å²) in [5.74, 6) is -2.52. The summed E-state index contributed by atoms with van der Waals surface area (Å²) in [6.07, 6.45) is 1.95. The number of hydrogen-bond donors (Lipinski definition) is 1. The van der Waals surface area contributed by atoms with E-state index in [2.05, 4.69) is 5.32 Å². The van der Waals surface area contributed by atoms with Crippen LogP contribution in [0, 0.1) is 11.8 Å². The summed E-state index contributed by atoms with van der Waals surface area (Å²) >= 11 is 0. The van der Waals surface area contributed by atoms with Crippen LogP contribution in [0.15, 0.2) is 24.3 Å². The molecule has 33 heavy (non-hydrogen) atoms. The lowest BCUT2D eigenvalue weighted by atomic mass is 9.81. The normalized spacial score (nSPS) is 24.6. The number of nitrogens with zero attached hydrogens (tertiary/aromatic N) is 2. The second-order valence-electron chi connectivity index (χ2n) is 9.41. The number of fused-ring (bicyclic) bond motifs is 2. The summed E-state index contributed by atoms with van der Waals surface area (Å²) in [4.78, 5) is 66.0. The standard InChI is InChI=1S/C24H29N3O6/c1-14(20(29)27-18-11-7-6-10-17(18)25-23(32)24(27,2)3)33-19(28)12-13-26-21(30)15-8-4-5-9-16(15)22(26)31/h6-7,10-11,14-16H,4-5,8-9,12-13H2,1-3H3,(H,25,32)/t14-,15-,16+/m1/s1. The van der Waals surface area contributed by atoms with E-state index in [4.69, 9.17) is 4.74 Å². The molecule has 4 amide bonds. The molecular weight excluding hydrogens is 426 g/mol. The largest absolute Gasteiger partial charge is 0.452 e. The predicted molar refractivity (Wildman–Crippen MR) is 119 cm³/mol. The smallest absolute Gasteiger partial charge is 0.308 e. The van der Waals surface area contributed by atoms with Crippen LogP contribution in [0.4, 0.5) is 11.4 Å². The number of likely N-dealkylation sites (tertiary alicyclic amines) is 1. The van der Waals surface area contributed by atoms with Crippen LogP contribution in [0.25, 0.3) is 0 Å². The second kappa shape index (κ2) is 8.61. The van der Waals surface area contributed by atoms with Gasteiger partial charge in [-0.2, -0.15) is 0 Å². The van der Waals surface area contributed by atoms with E-state index in [1.54, 1.807) is 38.1 Å². The van der Waals surface area contributed by atoms with Gasteiger partial charge in [0.1, 0.15) is 5.54 Å². The maximum Gasteiger partial charge on any atom is 0.308 e. The quantitative estimate of drug-likeness (QED) is 0.538. The van der Waals surface area contributed by atoms with Gasteiger partial charge < -0.3 is 10.1 Å². The van der Waals surface area contributed by atoms with Crippen molar-refractivity contribution in [3.8, 4) is 0 Å². The van der Waals surface area contributed by atoms with E-state index in [1.165, 1.54) is 16.7 Å². The highest BCUT2D eigenvalue weighted by atomic mass is 16.5. The Kier molecular flexibility index (Phi) is 5.99. The molecule has 2 heterocycles. The zero-order valence-electron chi connectivity index (χ0n) is 19.1. The van der Waals surface area contributed by atoms with Gasteiger partial charge in [-0.3, -0.25) is 33.8 Å². The molecule has 1 aliphatic carbocycles. The lowest BCUT2D eigenvalue weighted by Crippen LogP contribution is -2.60. The van der Waals surface area contributed by atoms with Crippen molar-refractivity contribution in [2.75, 3.05) is 16.8 Å². The summed E-state index contributed by atoms with van der Waals surface area (Å²) in [5, 5.41) is 2.79. The number of nitrogens with one attached hydrogen (secondary N) is 1. The molecule has 0 unspecified atom stereocenters. The number of hydrogen-bond acceptors (Lipinski definition) is 6. The minimum Gasteiger partial charge on any atom is -0.452 e. The molecule has 1 aromatic carbocycles. The molecule has 0 bridgehead atoms. The van der Waals surface area contributed by atoms with Gasteiger partial charge in [0.05, 0.1) is 29.6 Å². The Balaban J connectivity index is 1.40. The van der Waals surface area contributed by atoms with E-state index in [0.717, 1.165) is 12.8 Å². The van der Waals surface area contributed by atoms with Gasteiger partial charge in [-0.25, -0.2) is 0 Å². The lowest BCUT2D eigenvalue weighted by molar-refractivity contribution is -0.155. The van der Waals surface area contributed by atoms with Crippen LogP contribution in [-0.4, -0.2) is 52.7 Å². The maximum absolute atomic E-state index is 13.2. The highest BCUT2D eigenvalue weighted by molar-refractivity contribution is 6.15. The van der Waals surface area contributed by atoms with Crippen LogP contribution < -0.4 is 10.2 Å². The Morgan fingerprint density at radius 1 is 1.09 bits per heavy atom. The van der Waals surface area contributed by atoms with Crippen molar-refractivity contribution in [3.63, 3.8) is 0 Å². The molecule has 3 aliphatic rings. The number of anilines is 2. The van der Waals surface area contributed by atoms with E-state index in [-0.39, 0.29) is 42.5 Å². The van der Waals surface area contributed by atoms with Crippen LogP contribution >= 0.6 is 0 Å². The average Bonchev–Trinajstić information content (AvgIpc) is 3.02. The monoisotopic (exact) mass is 455 g/mol. The number of carbonyl (C=O) groups is 5. The summed E-state index contributed by atoms with van der Waals surface area (Å²) in [7, 11) is 0. The second-order valence-corrected chi connectivity index (χ2v) is 9.41. The van der Waals surface area contributed by atoms with Crippen molar-refractivity contribution in [2.45, 2.75) is 64.5 Å². The Bertz CT molecular complexity index is 995. The fraction of sp³-hybridized carbons (Fsp3) is 0.542. The number of ether oxygens (including phenoxy) is 1. The summed E-state index contributed by atoms with van der Waals surface area (Å²) < 4.78 is 5.35. The molecule has 2 fully saturated rings. The third-order valence-corrected chi connectivity index (χ3v) is 6.86. The predicted octanol–water partition coefficient (Wildman–Crippen LogP) is 2.25. The molecule has 4 rings (SSSR count). The first-order chi connectivity index (χ1) is 15.6. The van der Waals surface area contributed by atoms with Crippen molar-refractivity contribution in [1.29, 1.82) is 0 Å². The summed E-state index contributed by atoms with van der Waals surface area (Å²) in [6, 6.07) is 6.92. The van der Waals surface area contributed by atoms with Crippen molar-refractivity contribution in [3.05, 3.63) is 24.3 Å². The Labute approximate surface area is 192 Å². The van der Waals surface area contributed by atoms with Gasteiger partial charge >= 0.3 is 5.97 Å². The number of para-hydroxylation sites is 2. The first-order valence-electron chi connectivity index (χ1n) is 11.4. The van der Waals surface area contributed by atoms with Gasteiger partial charge in [-0.05, 0) is 45.7 Å². The van der Waals surface area contributed by atoms with Crippen LogP contribution in [0.2, 0.25) is 0 Å². The number of benzene rings is 1. The van der Waals surface area contributed by atoms with Gasteiger partial charge in [0, 0.05) is 6.54 Å². The molecule has 1 aromatic rings. The molecule has 9 nitrogen and oxygen atoms in total. The first kappa shape index (κ1) is 22.9. The Morgan fingerprint density at radius 2 is 1.70 bits per heavy atom. The molecule has 1 N–H and O–H groups in total. The van der Waals surface area contributed by atoms with Gasteiger partial charge in [0.25, 0.3) is 5.91 Å². The summed E-state index contributed by atoms with van der Waals surface area (Å²) in [5.41, 5.74) is -0.163. The van der Waals surface area contributed by atoms with Gasteiger partial charge in [0.2, 0.25) is 17.7 Å². The molecule has 9 heteroatoms. The molecule has 1 saturated heterocycles. The molecule has 2 aliphatic heterocycles. The molecule has 0 aromatic heterocycles. The van der Waals surface area contributed by atoms with Crippen molar-refractivity contribution in [1.82, 2.24) is 4.90 Å². The zero-order chi connectivity index (χ0) is 23.9. The van der Waals surface area contributed by atoms with E-state index in [1.807, 2.05) is 0 Å². The van der Waals surface area contributed by atoms with Gasteiger partial charge in [-0.15, -0.1) is 0 Å². The molecule has 0 spiro atoms. The van der Waals surface area contributed by atoms with Crippen LogP contribution in [0.1, 0.15) is 52.9 Å². The number of rotatable bonds is 5. The lowest BCUT2D eigenvalue weighted by Gasteiger charge is -2.42. The van der Waals surface area contributed by atoms with Crippen molar-refractivity contribution in [2.24, 2.45) is 11.8 Å². The highest BCUT2D eigenvalue weighted by Crippen LogP contribution is 2.39.